The predicted octanol–water partition coefficient (Wildman–Crippen LogP) is 1.12. The molecule has 2 unspecified atom stereocenters. The highest BCUT2D eigenvalue weighted by Crippen LogP contribution is 2.08. The quantitative estimate of drug-likeness (QED) is 0.530. The molecule has 1 amide bonds. The molecule has 100 valence electrons. The summed E-state index contributed by atoms with van der Waals surface area (Å²) in [7, 11) is 0. The maximum absolute atomic E-state index is 11.5. The minimum Gasteiger partial charge on any atom is -0.480 e. The molecule has 0 aliphatic rings. The monoisotopic (exact) mass is 244 g/mol. The van der Waals surface area contributed by atoms with Crippen LogP contribution in [0, 0.1) is 5.92 Å². The first-order valence-corrected chi connectivity index (χ1v) is 6.25. The number of hydrogen-bond acceptors (Lipinski definition) is 3. The molecule has 0 spiro atoms. The fourth-order valence-electron chi connectivity index (χ4n) is 1.54. The van der Waals surface area contributed by atoms with E-state index in [9.17, 15) is 9.59 Å². The van der Waals surface area contributed by atoms with Crippen molar-refractivity contribution < 1.29 is 14.7 Å². The Morgan fingerprint density at radius 1 is 1.29 bits per heavy atom. The third-order valence-corrected chi connectivity index (χ3v) is 2.90. The number of amides is 1. The molecule has 0 aromatic rings. The first-order valence-electron chi connectivity index (χ1n) is 6.25. The zero-order chi connectivity index (χ0) is 13.3. The number of nitrogens with one attached hydrogen (secondary N) is 1. The number of hydrogen-bond donors (Lipinski definition) is 3. The van der Waals surface area contributed by atoms with Crippen LogP contribution in [0.1, 0.15) is 46.0 Å². The SMILES string of the molecule is CCC(C)C(NC(=O)CCCCCN)C(=O)O. The molecule has 0 saturated heterocycles. The smallest absolute Gasteiger partial charge is 0.326 e. The molecule has 5 nitrogen and oxygen atoms in total. The second-order valence-electron chi connectivity index (χ2n) is 4.37. The number of aliphatic carboxylic acids is 1. The second kappa shape index (κ2) is 8.98. The van der Waals surface area contributed by atoms with Crippen LogP contribution in [0.4, 0.5) is 0 Å². The summed E-state index contributed by atoms with van der Waals surface area (Å²) in [5.74, 6) is -1.20. The first-order chi connectivity index (χ1) is 8.02. The van der Waals surface area contributed by atoms with Gasteiger partial charge >= 0.3 is 5.97 Å². The molecule has 0 heterocycles. The van der Waals surface area contributed by atoms with Crippen molar-refractivity contribution in [2.24, 2.45) is 11.7 Å². The summed E-state index contributed by atoms with van der Waals surface area (Å²) in [6.45, 7) is 4.37. The predicted molar refractivity (Wildman–Crippen MR) is 66.5 cm³/mol. The highest BCUT2D eigenvalue weighted by atomic mass is 16.4. The van der Waals surface area contributed by atoms with Gasteiger partial charge in [-0.05, 0) is 25.3 Å². The van der Waals surface area contributed by atoms with E-state index >= 15 is 0 Å². The van der Waals surface area contributed by atoms with Gasteiger partial charge in [-0.1, -0.05) is 26.7 Å². The van der Waals surface area contributed by atoms with Crippen molar-refractivity contribution in [3.8, 4) is 0 Å². The van der Waals surface area contributed by atoms with Crippen molar-refractivity contribution in [3.63, 3.8) is 0 Å². The molecule has 0 aromatic carbocycles. The van der Waals surface area contributed by atoms with Gasteiger partial charge in [-0.2, -0.15) is 0 Å². The molecular formula is C12H24N2O3. The highest BCUT2D eigenvalue weighted by Gasteiger charge is 2.24. The van der Waals surface area contributed by atoms with Gasteiger partial charge in [-0.25, -0.2) is 4.79 Å². The van der Waals surface area contributed by atoms with Gasteiger partial charge < -0.3 is 16.2 Å². The fourth-order valence-corrected chi connectivity index (χ4v) is 1.54. The van der Waals surface area contributed by atoms with Gasteiger partial charge in [-0.15, -0.1) is 0 Å². The van der Waals surface area contributed by atoms with Crippen molar-refractivity contribution in [1.29, 1.82) is 0 Å². The molecule has 0 aromatic heterocycles. The van der Waals surface area contributed by atoms with Crippen molar-refractivity contribution in [2.75, 3.05) is 6.54 Å². The first kappa shape index (κ1) is 15.9. The van der Waals surface area contributed by atoms with E-state index in [1.165, 1.54) is 0 Å². The molecule has 0 saturated carbocycles. The molecule has 5 heteroatoms. The maximum atomic E-state index is 11.5. The molecule has 0 rings (SSSR count). The van der Waals surface area contributed by atoms with Gasteiger partial charge in [0.1, 0.15) is 6.04 Å². The van der Waals surface area contributed by atoms with Crippen molar-refractivity contribution >= 4 is 11.9 Å². The minimum atomic E-state index is -0.963. The summed E-state index contributed by atoms with van der Waals surface area (Å²) in [6, 6.07) is -0.776. The van der Waals surface area contributed by atoms with Crippen LogP contribution in [0.15, 0.2) is 0 Å². The van der Waals surface area contributed by atoms with Crippen LogP contribution >= 0.6 is 0 Å². The van der Waals surface area contributed by atoms with Crippen LogP contribution < -0.4 is 11.1 Å². The van der Waals surface area contributed by atoms with E-state index in [1.807, 2.05) is 13.8 Å². The lowest BCUT2D eigenvalue weighted by Gasteiger charge is -2.20. The average Bonchev–Trinajstić information content (AvgIpc) is 2.30. The summed E-state index contributed by atoms with van der Waals surface area (Å²) in [5, 5.41) is 11.6. The van der Waals surface area contributed by atoms with Crippen LogP contribution in [-0.2, 0) is 9.59 Å². The summed E-state index contributed by atoms with van der Waals surface area (Å²) in [4.78, 5) is 22.5. The standard InChI is InChI=1S/C12H24N2O3/c1-3-9(2)11(12(16)17)14-10(15)7-5-4-6-8-13/h9,11H,3-8,13H2,1-2H3,(H,14,15)(H,16,17). The Labute approximate surface area is 103 Å². The maximum Gasteiger partial charge on any atom is 0.326 e. The number of carbonyl (C=O) groups excluding carboxylic acids is 1. The minimum absolute atomic E-state index is 0.0551. The Hall–Kier alpha value is -1.10. The number of carboxylic acid groups (broad SMARTS) is 1. The van der Waals surface area contributed by atoms with E-state index in [0.29, 0.717) is 13.0 Å². The summed E-state index contributed by atoms with van der Waals surface area (Å²) >= 11 is 0. The van der Waals surface area contributed by atoms with Crippen molar-refractivity contribution in [1.82, 2.24) is 5.32 Å². The Kier molecular flexibility index (Phi) is 8.40. The van der Waals surface area contributed by atoms with Gasteiger partial charge in [0.15, 0.2) is 0 Å². The topological polar surface area (TPSA) is 92.4 Å². The zero-order valence-corrected chi connectivity index (χ0v) is 10.7. The van der Waals surface area contributed by atoms with Crippen molar-refractivity contribution in [3.05, 3.63) is 0 Å². The average molecular weight is 244 g/mol. The van der Waals surface area contributed by atoms with Crippen molar-refractivity contribution in [2.45, 2.75) is 52.0 Å². The lowest BCUT2D eigenvalue weighted by atomic mass is 9.99. The highest BCUT2D eigenvalue weighted by molar-refractivity contribution is 5.83. The van der Waals surface area contributed by atoms with Gasteiger partial charge in [0.2, 0.25) is 5.91 Å². The third-order valence-electron chi connectivity index (χ3n) is 2.90. The molecule has 0 fully saturated rings. The van der Waals surface area contributed by atoms with E-state index in [1.54, 1.807) is 0 Å². The number of nitrogens with two attached hydrogens (primary N) is 1. The Balaban J connectivity index is 4.00. The fraction of sp³-hybridized carbons (Fsp3) is 0.833. The van der Waals surface area contributed by atoms with Gasteiger partial charge in [0.25, 0.3) is 0 Å². The van der Waals surface area contributed by atoms with Crippen LogP contribution in [-0.4, -0.2) is 29.6 Å². The molecular weight excluding hydrogens is 220 g/mol. The second-order valence-corrected chi connectivity index (χ2v) is 4.37. The Bertz CT molecular complexity index is 244. The number of rotatable bonds is 9. The van der Waals surface area contributed by atoms with Gasteiger partial charge in [0.05, 0.1) is 0 Å². The lowest BCUT2D eigenvalue weighted by molar-refractivity contribution is -0.143. The number of carbonyl (C=O) groups is 2. The summed E-state index contributed by atoms with van der Waals surface area (Å²) in [6.07, 6.45) is 3.67. The van der Waals surface area contributed by atoms with Crippen LogP contribution in [0.25, 0.3) is 0 Å². The molecule has 2 atom stereocenters. The van der Waals surface area contributed by atoms with E-state index in [-0.39, 0.29) is 11.8 Å². The number of carboxylic acids is 1. The summed E-state index contributed by atoms with van der Waals surface area (Å²) in [5.41, 5.74) is 5.35. The third kappa shape index (κ3) is 6.94. The van der Waals surface area contributed by atoms with E-state index in [2.05, 4.69) is 5.32 Å². The number of unbranched alkanes of at least 4 members (excludes halogenated alkanes) is 2. The molecule has 0 radical (unpaired) electrons. The van der Waals surface area contributed by atoms with Crippen LogP contribution in [0.2, 0.25) is 0 Å². The largest absolute Gasteiger partial charge is 0.480 e. The van der Waals surface area contributed by atoms with Gasteiger partial charge in [-0.3, -0.25) is 4.79 Å². The lowest BCUT2D eigenvalue weighted by Crippen LogP contribution is -2.44. The zero-order valence-electron chi connectivity index (χ0n) is 10.7. The van der Waals surface area contributed by atoms with Crippen LogP contribution in [0.5, 0.6) is 0 Å². The molecule has 0 bridgehead atoms. The normalized spacial score (nSPS) is 14.1. The van der Waals surface area contributed by atoms with Gasteiger partial charge in [0, 0.05) is 6.42 Å². The van der Waals surface area contributed by atoms with Crippen LogP contribution in [0.3, 0.4) is 0 Å². The molecule has 0 aliphatic heterocycles. The summed E-state index contributed by atoms with van der Waals surface area (Å²) < 4.78 is 0. The molecule has 17 heavy (non-hydrogen) atoms. The van der Waals surface area contributed by atoms with E-state index in [0.717, 1.165) is 25.7 Å². The Morgan fingerprint density at radius 3 is 2.41 bits per heavy atom. The molecule has 4 N–H and O–H groups in total. The van der Waals surface area contributed by atoms with E-state index in [4.69, 9.17) is 10.8 Å². The van der Waals surface area contributed by atoms with E-state index < -0.39 is 12.0 Å². The molecule has 0 aliphatic carbocycles. The Morgan fingerprint density at radius 2 is 1.94 bits per heavy atom.